The fourth-order valence-corrected chi connectivity index (χ4v) is 4.03. The Morgan fingerprint density at radius 3 is 1.95 bits per heavy atom. The maximum atomic E-state index is 3.81. The molecule has 0 saturated heterocycles. The van der Waals surface area contributed by atoms with Gasteiger partial charge in [0.05, 0.1) is 0 Å². The highest BCUT2D eigenvalue weighted by atomic mass is 32.1. The Morgan fingerprint density at radius 1 is 0.900 bits per heavy atom. The zero-order valence-electron chi connectivity index (χ0n) is 13.1. The molecule has 114 valence electrons. The molecule has 0 atom stereocenters. The summed E-state index contributed by atoms with van der Waals surface area (Å²) >= 11 is 1.94. The molecule has 1 aromatic rings. The van der Waals surface area contributed by atoms with Crippen molar-refractivity contribution in [3.05, 3.63) is 21.9 Å². The first kappa shape index (κ1) is 16.0. The molecule has 0 spiro atoms. The van der Waals surface area contributed by atoms with E-state index in [1.165, 1.54) is 80.4 Å². The number of nitrogens with one attached hydrogen (secondary N) is 1. The number of hydrogen-bond donors (Lipinski definition) is 1. The molecule has 1 nitrogen and oxygen atoms in total. The Hall–Kier alpha value is -0.340. The van der Waals surface area contributed by atoms with E-state index in [4.69, 9.17) is 0 Å². The van der Waals surface area contributed by atoms with E-state index in [0.717, 1.165) is 12.6 Å². The van der Waals surface area contributed by atoms with E-state index in [9.17, 15) is 0 Å². The molecule has 2 rings (SSSR count). The lowest BCUT2D eigenvalue weighted by Crippen LogP contribution is -2.28. The van der Waals surface area contributed by atoms with Crippen molar-refractivity contribution < 1.29 is 0 Å². The van der Waals surface area contributed by atoms with Crippen LogP contribution in [-0.2, 0) is 6.54 Å². The predicted octanol–water partition coefficient (Wildman–Crippen LogP) is 5.82. The quantitative estimate of drug-likeness (QED) is 0.740. The molecule has 0 aliphatic heterocycles. The summed E-state index contributed by atoms with van der Waals surface area (Å²) in [6.07, 6.45) is 15.8. The lowest BCUT2D eigenvalue weighted by molar-refractivity contribution is 0.404. The van der Waals surface area contributed by atoms with E-state index in [-0.39, 0.29) is 0 Å². The summed E-state index contributed by atoms with van der Waals surface area (Å²) in [4.78, 5) is 2.93. The predicted molar refractivity (Wildman–Crippen MR) is 90.5 cm³/mol. The van der Waals surface area contributed by atoms with Gasteiger partial charge in [-0.15, -0.1) is 11.3 Å². The first-order valence-electron chi connectivity index (χ1n) is 8.63. The molecule has 0 bridgehead atoms. The lowest BCUT2D eigenvalue weighted by Gasteiger charge is -2.19. The highest BCUT2D eigenvalue weighted by Gasteiger charge is 2.09. The maximum Gasteiger partial charge on any atom is 0.0302 e. The molecule has 2 heteroatoms. The largest absolute Gasteiger partial charge is 0.309 e. The van der Waals surface area contributed by atoms with Gasteiger partial charge in [-0.05, 0) is 31.9 Å². The SMILES string of the molecule is Cc1ccc(CNC2CCCCCCCCCCC2)s1. The van der Waals surface area contributed by atoms with Gasteiger partial charge in [0, 0.05) is 22.3 Å². The zero-order valence-corrected chi connectivity index (χ0v) is 13.9. The Bertz CT molecular complexity index is 346. The Labute approximate surface area is 129 Å². The van der Waals surface area contributed by atoms with Crippen molar-refractivity contribution in [2.45, 2.75) is 90.1 Å². The molecule has 1 aromatic heterocycles. The van der Waals surface area contributed by atoms with Crippen molar-refractivity contribution in [3.8, 4) is 0 Å². The van der Waals surface area contributed by atoms with Gasteiger partial charge in [0.25, 0.3) is 0 Å². The van der Waals surface area contributed by atoms with Crippen molar-refractivity contribution in [2.24, 2.45) is 0 Å². The lowest BCUT2D eigenvalue weighted by atomic mass is 9.98. The van der Waals surface area contributed by atoms with Crippen molar-refractivity contribution in [3.63, 3.8) is 0 Å². The summed E-state index contributed by atoms with van der Waals surface area (Å²) < 4.78 is 0. The monoisotopic (exact) mass is 293 g/mol. The topological polar surface area (TPSA) is 12.0 Å². The summed E-state index contributed by atoms with van der Waals surface area (Å²) in [5.74, 6) is 0. The fraction of sp³-hybridized carbons (Fsp3) is 0.778. The minimum atomic E-state index is 0.747. The summed E-state index contributed by atoms with van der Waals surface area (Å²) in [6.45, 7) is 3.27. The van der Waals surface area contributed by atoms with Gasteiger partial charge in [0.15, 0.2) is 0 Å². The standard InChI is InChI=1S/C18H31NS/c1-16-13-14-18(20-16)15-19-17-11-9-7-5-3-2-4-6-8-10-12-17/h13-14,17,19H,2-12,15H2,1H3. The molecule has 1 fully saturated rings. The minimum Gasteiger partial charge on any atom is -0.309 e. The average molecular weight is 294 g/mol. The van der Waals surface area contributed by atoms with Gasteiger partial charge in [-0.1, -0.05) is 57.8 Å². The third kappa shape index (κ3) is 6.41. The summed E-state index contributed by atoms with van der Waals surface area (Å²) in [6, 6.07) is 5.27. The first-order valence-corrected chi connectivity index (χ1v) is 9.45. The van der Waals surface area contributed by atoms with E-state index in [2.05, 4.69) is 24.4 Å². The van der Waals surface area contributed by atoms with E-state index in [1.807, 2.05) is 11.3 Å². The van der Waals surface area contributed by atoms with Crippen LogP contribution < -0.4 is 5.32 Å². The molecule has 1 aliphatic rings. The van der Waals surface area contributed by atoms with Crippen LogP contribution in [0.3, 0.4) is 0 Å². The highest BCUT2D eigenvalue weighted by Crippen LogP contribution is 2.19. The van der Waals surface area contributed by atoms with E-state index in [1.54, 1.807) is 0 Å². The maximum absolute atomic E-state index is 3.81. The second-order valence-corrected chi connectivity index (χ2v) is 7.72. The van der Waals surface area contributed by atoms with Crippen LogP contribution in [0.25, 0.3) is 0 Å². The third-order valence-electron chi connectivity index (χ3n) is 4.47. The molecular formula is C18H31NS. The van der Waals surface area contributed by atoms with Gasteiger partial charge in [-0.3, -0.25) is 0 Å². The molecule has 0 unspecified atom stereocenters. The molecule has 1 aliphatic carbocycles. The van der Waals surface area contributed by atoms with Crippen molar-refractivity contribution in [1.29, 1.82) is 0 Å². The molecular weight excluding hydrogens is 262 g/mol. The van der Waals surface area contributed by atoms with Crippen LogP contribution in [0.15, 0.2) is 12.1 Å². The molecule has 0 radical (unpaired) electrons. The van der Waals surface area contributed by atoms with Gasteiger partial charge in [-0.25, -0.2) is 0 Å². The number of rotatable bonds is 3. The molecule has 20 heavy (non-hydrogen) atoms. The summed E-state index contributed by atoms with van der Waals surface area (Å²) in [7, 11) is 0. The normalized spacial score (nSPS) is 20.2. The number of thiophene rings is 1. The molecule has 1 saturated carbocycles. The van der Waals surface area contributed by atoms with Crippen LogP contribution in [-0.4, -0.2) is 6.04 Å². The first-order chi connectivity index (χ1) is 9.84. The molecule has 0 aromatic carbocycles. The zero-order chi connectivity index (χ0) is 14.0. The van der Waals surface area contributed by atoms with Gasteiger partial charge >= 0.3 is 0 Å². The van der Waals surface area contributed by atoms with E-state index in [0.29, 0.717) is 0 Å². The van der Waals surface area contributed by atoms with Crippen LogP contribution in [0.2, 0.25) is 0 Å². The van der Waals surface area contributed by atoms with Gasteiger partial charge < -0.3 is 5.32 Å². The number of aryl methyl sites for hydroxylation is 1. The molecule has 1 heterocycles. The Balaban J connectivity index is 1.73. The van der Waals surface area contributed by atoms with E-state index >= 15 is 0 Å². The van der Waals surface area contributed by atoms with Crippen LogP contribution in [0.1, 0.15) is 80.4 Å². The van der Waals surface area contributed by atoms with Gasteiger partial charge in [0.2, 0.25) is 0 Å². The minimum absolute atomic E-state index is 0.747. The number of hydrogen-bond acceptors (Lipinski definition) is 2. The summed E-state index contributed by atoms with van der Waals surface area (Å²) in [5, 5.41) is 3.81. The highest BCUT2D eigenvalue weighted by molar-refractivity contribution is 7.11. The Kier molecular flexibility index (Phi) is 7.67. The van der Waals surface area contributed by atoms with Crippen LogP contribution >= 0.6 is 11.3 Å². The van der Waals surface area contributed by atoms with Crippen molar-refractivity contribution in [1.82, 2.24) is 5.32 Å². The summed E-state index contributed by atoms with van der Waals surface area (Å²) in [5.41, 5.74) is 0. The molecule has 0 amide bonds. The van der Waals surface area contributed by atoms with Crippen LogP contribution in [0.5, 0.6) is 0 Å². The third-order valence-corrected chi connectivity index (χ3v) is 5.47. The van der Waals surface area contributed by atoms with Crippen LogP contribution in [0, 0.1) is 6.92 Å². The van der Waals surface area contributed by atoms with Crippen molar-refractivity contribution >= 4 is 11.3 Å². The van der Waals surface area contributed by atoms with Crippen LogP contribution in [0.4, 0.5) is 0 Å². The second kappa shape index (κ2) is 9.57. The van der Waals surface area contributed by atoms with Crippen molar-refractivity contribution in [2.75, 3.05) is 0 Å². The smallest absolute Gasteiger partial charge is 0.0302 e. The fourth-order valence-electron chi connectivity index (χ4n) is 3.19. The average Bonchev–Trinajstić information content (AvgIpc) is 2.84. The van der Waals surface area contributed by atoms with E-state index < -0.39 is 0 Å². The van der Waals surface area contributed by atoms with Gasteiger partial charge in [0.1, 0.15) is 0 Å². The van der Waals surface area contributed by atoms with Gasteiger partial charge in [-0.2, -0.15) is 0 Å². The second-order valence-electron chi connectivity index (χ2n) is 6.35. The Morgan fingerprint density at radius 2 is 1.45 bits per heavy atom. The molecule has 1 N–H and O–H groups in total.